The maximum absolute atomic E-state index is 13.0. The minimum atomic E-state index is -0.306. The van der Waals surface area contributed by atoms with Gasteiger partial charge in [0.15, 0.2) is 11.8 Å². The van der Waals surface area contributed by atoms with Crippen molar-refractivity contribution in [2.75, 3.05) is 14.2 Å². The van der Waals surface area contributed by atoms with Gasteiger partial charge in [-0.15, -0.1) is 24.0 Å². The SMILES string of the molecule is CN=C(NCc1ccc(Oc2ccc(F)cc2)nc1)NC1CCc2nc(COC)nn2C1.I. The molecule has 176 valence electrons. The summed E-state index contributed by atoms with van der Waals surface area (Å²) in [4.78, 5) is 13.1. The molecule has 33 heavy (non-hydrogen) atoms. The Balaban J connectivity index is 0.00000306. The first-order chi connectivity index (χ1) is 15.6. The van der Waals surface area contributed by atoms with Gasteiger partial charge in [-0.1, -0.05) is 6.07 Å². The van der Waals surface area contributed by atoms with Crippen molar-refractivity contribution in [3.8, 4) is 11.6 Å². The summed E-state index contributed by atoms with van der Waals surface area (Å²) in [6.45, 7) is 1.70. The number of benzene rings is 1. The maximum atomic E-state index is 13.0. The molecule has 0 aliphatic carbocycles. The summed E-state index contributed by atoms with van der Waals surface area (Å²) in [5.74, 6) is 3.09. The number of aryl methyl sites for hydroxylation is 1. The van der Waals surface area contributed by atoms with E-state index in [0.717, 1.165) is 30.8 Å². The molecule has 0 radical (unpaired) electrons. The van der Waals surface area contributed by atoms with E-state index in [9.17, 15) is 4.39 Å². The quantitative estimate of drug-likeness (QED) is 0.257. The predicted octanol–water partition coefficient (Wildman–Crippen LogP) is 3.05. The molecule has 3 aromatic rings. The molecule has 0 saturated heterocycles. The molecule has 4 rings (SSSR count). The van der Waals surface area contributed by atoms with Gasteiger partial charge in [0, 0.05) is 45.4 Å². The number of rotatable bonds is 7. The van der Waals surface area contributed by atoms with Crippen molar-refractivity contribution in [1.29, 1.82) is 0 Å². The molecule has 1 aromatic carbocycles. The number of fused-ring (bicyclic) bond motifs is 1. The summed E-state index contributed by atoms with van der Waals surface area (Å²) in [5, 5.41) is 11.3. The molecule has 2 N–H and O–H groups in total. The van der Waals surface area contributed by atoms with Gasteiger partial charge in [0.2, 0.25) is 5.88 Å². The molecule has 1 aliphatic heterocycles. The molecule has 0 fully saturated rings. The van der Waals surface area contributed by atoms with E-state index in [-0.39, 0.29) is 35.8 Å². The Labute approximate surface area is 208 Å². The van der Waals surface area contributed by atoms with Crippen LogP contribution in [0.4, 0.5) is 4.39 Å². The first-order valence-corrected chi connectivity index (χ1v) is 10.4. The van der Waals surface area contributed by atoms with Gasteiger partial charge in [-0.3, -0.25) is 4.99 Å². The van der Waals surface area contributed by atoms with E-state index in [2.05, 4.69) is 30.7 Å². The number of ether oxygens (including phenoxy) is 2. The van der Waals surface area contributed by atoms with Gasteiger partial charge in [0.25, 0.3) is 0 Å². The molecular weight excluding hydrogens is 540 g/mol. The number of methoxy groups -OCH3 is 1. The normalized spacial score (nSPS) is 15.4. The summed E-state index contributed by atoms with van der Waals surface area (Å²) in [6.07, 6.45) is 3.53. The third-order valence-electron chi connectivity index (χ3n) is 5.03. The van der Waals surface area contributed by atoms with Crippen molar-refractivity contribution < 1.29 is 13.9 Å². The summed E-state index contributed by atoms with van der Waals surface area (Å²) in [5.41, 5.74) is 0.978. The number of nitrogens with zero attached hydrogens (tertiary/aromatic N) is 5. The lowest BCUT2D eigenvalue weighted by molar-refractivity contribution is 0.177. The van der Waals surface area contributed by atoms with Crippen LogP contribution in [0.25, 0.3) is 0 Å². The van der Waals surface area contributed by atoms with E-state index < -0.39 is 0 Å². The summed E-state index contributed by atoms with van der Waals surface area (Å²) >= 11 is 0. The standard InChI is InChI=1S/C22H26FN7O2.HI/c1-24-22(27-17-6-9-20-28-19(14-31-2)29-30(20)13-17)26-12-15-3-10-21(25-11-15)32-18-7-4-16(23)5-8-18;/h3-5,7-8,10-11,17H,6,9,12-14H2,1-2H3,(H2,24,26,27);1H. The minimum absolute atomic E-state index is 0. The monoisotopic (exact) mass is 567 g/mol. The largest absolute Gasteiger partial charge is 0.439 e. The summed E-state index contributed by atoms with van der Waals surface area (Å²) in [6, 6.07) is 9.73. The average molecular weight is 567 g/mol. The van der Waals surface area contributed by atoms with E-state index in [1.54, 1.807) is 38.6 Å². The molecule has 11 heteroatoms. The van der Waals surface area contributed by atoms with Crippen molar-refractivity contribution in [1.82, 2.24) is 30.4 Å². The fourth-order valence-electron chi connectivity index (χ4n) is 3.44. The highest BCUT2D eigenvalue weighted by atomic mass is 127. The van der Waals surface area contributed by atoms with Gasteiger partial charge in [0.1, 0.15) is 24.0 Å². The summed E-state index contributed by atoms with van der Waals surface area (Å²) in [7, 11) is 3.38. The molecule has 3 heterocycles. The second kappa shape index (κ2) is 11.9. The second-order valence-corrected chi connectivity index (χ2v) is 7.43. The predicted molar refractivity (Wildman–Crippen MR) is 132 cm³/mol. The van der Waals surface area contributed by atoms with E-state index in [1.807, 2.05) is 10.7 Å². The highest BCUT2D eigenvalue weighted by molar-refractivity contribution is 14.0. The van der Waals surface area contributed by atoms with E-state index in [4.69, 9.17) is 9.47 Å². The molecule has 2 aromatic heterocycles. The van der Waals surface area contributed by atoms with Crippen molar-refractivity contribution in [2.45, 2.75) is 38.6 Å². The number of nitrogens with one attached hydrogen (secondary N) is 2. The molecular formula is C22H27FIN7O2. The van der Waals surface area contributed by atoms with Crippen LogP contribution in [0.3, 0.4) is 0 Å². The lowest BCUT2D eigenvalue weighted by Gasteiger charge is -2.25. The van der Waals surface area contributed by atoms with Gasteiger partial charge in [-0.2, -0.15) is 5.10 Å². The zero-order valence-electron chi connectivity index (χ0n) is 18.5. The first-order valence-electron chi connectivity index (χ1n) is 10.4. The smallest absolute Gasteiger partial charge is 0.219 e. The Morgan fingerprint density at radius 3 is 2.76 bits per heavy atom. The van der Waals surface area contributed by atoms with Crippen LogP contribution in [0.5, 0.6) is 11.6 Å². The van der Waals surface area contributed by atoms with Crippen LogP contribution in [0.15, 0.2) is 47.6 Å². The van der Waals surface area contributed by atoms with Crippen molar-refractivity contribution in [2.24, 2.45) is 4.99 Å². The van der Waals surface area contributed by atoms with Crippen LogP contribution in [-0.2, 0) is 30.9 Å². The highest BCUT2D eigenvalue weighted by Gasteiger charge is 2.22. The molecule has 0 amide bonds. The Morgan fingerprint density at radius 1 is 1.24 bits per heavy atom. The zero-order chi connectivity index (χ0) is 22.3. The summed E-state index contributed by atoms with van der Waals surface area (Å²) < 4.78 is 25.7. The van der Waals surface area contributed by atoms with E-state index in [0.29, 0.717) is 36.6 Å². The number of halogens is 2. The molecule has 0 bridgehead atoms. The third kappa shape index (κ3) is 6.84. The topological polar surface area (TPSA) is 98.5 Å². The lowest BCUT2D eigenvalue weighted by Crippen LogP contribution is -2.46. The van der Waals surface area contributed by atoms with Gasteiger partial charge in [-0.25, -0.2) is 19.0 Å². The van der Waals surface area contributed by atoms with Gasteiger partial charge in [-0.05, 0) is 36.2 Å². The lowest BCUT2D eigenvalue weighted by atomic mass is 10.1. The fraction of sp³-hybridized carbons (Fsp3) is 0.364. The van der Waals surface area contributed by atoms with Gasteiger partial charge in [0.05, 0.1) is 6.54 Å². The molecule has 0 spiro atoms. The Kier molecular flexibility index (Phi) is 8.95. The molecule has 1 unspecified atom stereocenters. The van der Waals surface area contributed by atoms with Crippen molar-refractivity contribution in [3.63, 3.8) is 0 Å². The Hall–Kier alpha value is -2.80. The average Bonchev–Trinajstić information content (AvgIpc) is 3.21. The van der Waals surface area contributed by atoms with E-state index >= 15 is 0 Å². The van der Waals surface area contributed by atoms with Crippen LogP contribution in [0.1, 0.15) is 23.6 Å². The number of hydrogen-bond acceptors (Lipinski definition) is 6. The van der Waals surface area contributed by atoms with Gasteiger partial charge >= 0.3 is 0 Å². The maximum Gasteiger partial charge on any atom is 0.219 e. The second-order valence-electron chi connectivity index (χ2n) is 7.43. The number of guanidine groups is 1. The number of pyridine rings is 1. The highest BCUT2D eigenvalue weighted by Crippen LogP contribution is 2.19. The molecule has 0 saturated carbocycles. The van der Waals surface area contributed by atoms with Crippen molar-refractivity contribution in [3.05, 3.63) is 65.6 Å². The fourth-order valence-corrected chi connectivity index (χ4v) is 3.44. The van der Waals surface area contributed by atoms with E-state index in [1.165, 1.54) is 12.1 Å². The number of aromatic nitrogens is 4. The first kappa shape index (κ1) is 24.8. The van der Waals surface area contributed by atoms with Crippen LogP contribution in [-0.4, -0.2) is 45.9 Å². The Bertz CT molecular complexity index is 1060. The Morgan fingerprint density at radius 2 is 2.06 bits per heavy atom. The van der Waals surface area contributed by atoms with Crippen LogP contribution in [0, 0.1) is 5.82 Å². The third-order valence-corrected chi connectivity index (χ3v) is 5.03. The van der Waals surface area contributed by atoms with Crippen LogP contribution in [0.2, 0.25) is 0 Å². The van der Waals surface area contributed by atoms with Crippen LogP contribution >= 0.6 is 24.0 Å². The zero-order valence-corrected chi connectivity index (χ0v) is 20.8. The minimum Gasteiger partial charge on any atom is -0.439 e. The molecule has 1 aliphatic rings. The van der Waals surface area contributed by atoms with Gasteiger partial charge < -0.3 is 20.1 Å². The van der Waals surface area contributed by atoms with Crippen molar-refractivity contribution >= 4 is 29.9 Å². The number of hydrogen-bond donors (Lipinski definition) is 2. The molecule has 1 atom stereocenters. The molecule has 9 nitrogen and oxygen atoms in total. The number of aliphatic imine (C=N–C) groups is 1. The van der Waals surface area contributed by atoms with Crippen LogP contribution < -0.4 is 15.4 Å².